The number of anilines is 1. The van der Waals surface area contributed by atoms with Crippen LogP contribution in [0.1, 0.15) is 151 Å². The summed E-state index contributed by atoms with van der Waals surface area (Å²) in [5.41, 5.74) is 3.96. The zero-order valence-corrected chi connectivity index (χ0v) is 42.9. The summed E-state index contributed by atoms with van der Waals surface area (Å²) in [7, 11) is 0. The van der Waals surface area contributed by atoms with Crippen LogP contribution in [0.2, 0.25) is 0 Å². The molecule has 1 N–H and O–H groups in total. The summed E-state index contributed by atoms with van der Waals surface area (Å²) in [6.07, 6.45) is 15.5. The van der Waals surface area contributed by atoms with Crippen molar-refractivity contribution < 1.29 is 14.3 Å². The molecule has 0 aromatic heterocycles. The Bertz CT molecular complexity index is 1530. The summed E-state index contributed by atoms with van der Waals surface area (Å²) in [4.78, 5) is 27.3. The average Bonchev–Trinajstić information content (AvgIpc) is 3.88. The van der Waals surface area contributed by atoms with Gasteiger partial charge in [-0.25, -0.2) is 0 Å². The van der Waals surface area contributed by atoms with Crippen LogP contribution in [0.4, 0.5) is 5.69 Å². The van der Waals surface area contributed by atoms with E-state index in [2.05, 4.69) is 128 Å². The molecular weight excluding hydrogens is 795 g/mol. The number of rotatable bonds is 9. The summed E-state index contributed by atoms with van der Waals surface area (Å²) in [6, 6.07) is 17.9. The van der Waals surface area contributed by atoms with Crippen molar-refractivity contribution >= 4 is 11.6 Å². The number of amides is 1. The lowest BCUT2D eigenvalue weighted by atomic mass is 10.1. The van der Waals surface area contributed by atoms with Crippen LogP contribution in [0, 0.1) is 0 Å². The molecule has 10 heteroatoms. The molecule has 0 aliphatic carbocycles. The molecule has 2 aromatic carbocycles. The van der Waals surface area contributed by atoms with Crippen LogP contribution < -0.4 is 19.7 Å². The first-order chi connectivity index (χ1) is 30.7. The topological polar surface area (TPSA) is 67.0 Å². The zero-order valence-electron chi connectivity index (χ0n) is 42.9. The third-order valence-electron chi connectivity index (χ3n) is 14.1. The molecule has 8 rings (SSSR count). The maximum atomic E-state index is 12.4. The van der Waals surface area contributed by atoms with Crippen molar-refractivity contribution in [2.75, 3.05) is 83.7 Å². The van der Waals surface area contributed by atoms with E-state index in [0.717, 1.165) is 61.4 Å². The second kappa shape index (κ2) is 29.0. The molecule has 4 saturated heterocycles. The second-order valence-corrected chi connectivity index (χ2v) is 20.3. The number of nitrogens with zero attached hydrogens (tertiary/aromatic N) is 6. The lowest BCUT2D eigenvalue weighted by Crippen LogP contribution is -2.54. The molecule has 6 aliphatic rings. The van der Waals surface area contributed by atoms with Gasteiger partial charge in [-0.2, -0.15) is 0 Å². The Hall–Kier alpha value is -2.89. The van der Waals surface area contributed by atoms with Gasteiger partial charge in [0, 0.05) is 75.2 Å². The van der Waals surface area contributed by atoms with E-state index in [0.29, 0.717) is 18.6 Å². The number of carbonyl (C=O) groups excluding carboxylic acids is 1. The normalized spacial score (nSPS) is 20.3. The van der Waals surface area contributed by atoms with Gasteiger partial charge in [0.2, 0.25) is 12.7 Å². The minimum Gasteiger partial charge on any atom is -0.454 e. The summed E-state index contributed by atoms with van der Waals surface area (Å²) < 4.78 is 10.7. The third kappa shape index (κ3) is 18.4. The van der Waals surface area contributed by atoms with Gasteiger partial charge < -0.3 is 34.4 Å². The van der Waals surface area contributed by atoms with Crippen molar-refractivity contribution in [3.8, 4) is 11.5 Å². The Labute approximate surface area is 392 Å². The highest BCUT2D eigenvalue weighted by Gasteiger charge is 2.26. The minimum absolute atomic E-state index is 0.0747. The molecule has 0 radical (unpaired) electrons. The van der Waals surface area contributed by atoms with Crippen molar-refractivity contribution in [1.82, 2.24) is 29.8 Å². The van der Waals surface area contributed by atoms with Gasteiger partial charge in [-0.3, -0.25) is 14.6 Å². The van der Waals surface area contributed by atoms with E-state index in [9.17, 15) is 4.79 Å². The van der Waals surface area contributed by atoms with Crippen LogP contribution >= 0.6 is 0 Å². The molecule has 0 spiro atoms. The molecule has 1 amide bonds. The lowest BCUT2D eigenvalue weighted by molar-refractivity contribution is -0.126. The van der Waals surface area contributed by atoms with E-state index < -0.39 is 0 Å². The van der Waals surface area contributed by atoms with Crippen LogP contribution in [0.3, 0.4) is 0 Å². The molecular formula is C54H95N7O3. The predicted molar refractivity (Wildman–Crippen MR) is 271 cm³/mol. The molecule has 1 atom stereocenters. The number of likely N-dealkylation sites (tertiary alicyclic amines) is 3. The van der Waals surface area contributed by atoms with Crippen LogP contribution in [-0.4, -0.2) is 145 Å². The van der Waals surface area contributed by atoms with Crippen molar-refractivity contribution in [2.45, 2.75) is 190 Å². The number of nitrogens with one attached hydrogen (secondary N) is 1. The number of piperazine rings is 1. The van der Waals surface area contributed by atoms with E-state index in [4.69, 9.17) is 9.47 Å². The first kappa shape index (κ1) is 53.7. The van der Waals surface area contributed by atoms with Crippen molar-refractivity contribution in [3.05, 3.63) is 53.6 Å². The molecule has 0 saturated carbocycles. The Morgan fingerprint density at radius 3 is 1.42 bits per heavy atom. The van der Waals surface area contributed by atoms with Crippen molar-refractivity contribution in [1.29, 1.82) is 0 Å². The maximum absolute atomic E-state index is 12.4. The number of fused-ring (bicyclic) bond motifs is 2. The standard InChI is InChI=1S/C18H27N3O3.C11H15N.C9H19N.2C8H17N/c1-13(2)20-6-8-21(9-7-20)14(3)18(22)19-11-15-4-5-16-17(10-15)24-12-23-16;1-9(2)12-8-7-10-5-3-4-6-11(10)12;1-9(2)10-7-5-3-4-6-8-10;2*1-8(2)9-6-4-3-5-7-9/h4-5,10,13-14H,6-9,11-12H2,1-3H3,(H,19,22);3-6,9H,7-8H2,1-2H3;9H,3-8H2,1-2H3;2*8H,3-7H2,1-2H3. The first-order valence-corrected chi connectivity index (χ1v) is 26.0. The van der Waals surface area contributed by atoms with Gasteiger partial charge in [-0.1, -0.05) is 49.9 Å². The van der Waals surface area contributed by atoms with E-state index in [1.54, 1.807) is 0 Å². The molecule has 10 nitrogen and oxygen atoms in total. The van der Waals surface area contributed by atoms with Crippen LogP contribution in [0.5, 0.6) is 11.5 Å². The van der Waals surface area contributed by atoms with Crippen molar-refractivity contribution in [2.24, 2.45) is 0 Å². The average molecular weight is 890 g/mol. The van der Waals surface area contributed by atoms with Gasteiger partial charge in [-0.05, 0) is 190 Å². The van der Waals surface area contributed by atoms with Crippen LogP contribution in [0.25, 0.3) is 0 Å². The third-order valence-corrected chi connectivity index (χ3v) is 14.1. The quantitative estimate of drug-likeness (QED) is 0.265. The summed E-state index contributed by atoms with van der Waals surface area (Å²) in [5, 5.41) is 3.03. The highest BCUT2D eigenvalue weighted by molar-refractivity contribution is 5.81. The minimum atomic E-state index is -0.103. The number of hydrogen-bond donors (Lipinski definition) is 1. The molecule has 6 heterocycles. The molecule has 0 bridgehead atoms. The first-order valence-electron chi connectivity index (χ1n) is 26.0. The van der Waals surface area contributed by atoms with Gasteiger partial charge in [0.25, 0.3) is 0 Å². The van der Waals surface area contributed by atoms with E-state index in [1.165, 1.54) is 128 Å². The maximum Gasteiger partial charge on any atom is 0.237 e. The van der Waals surface area contributed by atoms with E-state index in [1.807, 2.05) is 25.1 Å². The lowest BCUT2D eigenvalue weighted by Gasteiger charge is -2.39. The fraction of sp³-hybridized carbons (Fsp3) is 0.759. The fourth-order valence-electron chi connectivity index (χ4n) is 9.58. The smallest absolute Gasteiger partial charge is 0.237 e. The molecule has 4 fully saturated rings. The summed E-state index contributed by atoms with van der Waals surface area (Å²) in [6.45, 7) is 38.5. The highest BCUT2D eigenvalue weighted by Crippen LogP contribution is 2.32. The second-order valence-electron chi connectivity index (χ2n) is 20.3. The molecule has 6 aliphatic heterocycles. The van der Waals surface area contributed by atoms with Gasteiger partial charge in [0.1, 0.15) is 0 Å². The summed E-state index contributed by atoms with van der Waals surface area (Å²) in [5.74, 6) is 1.59. The van der Waals surface area contributed by atoms with E-state index >= 15 is 0 Å². The van der Waals surface area contributed by atoms with Crippen LogP contribution in [0.15, 0.2) is 42.5 Å². The Morgan fingerprint density at radius 2 is 0.938 bits per heavy atom. The fourth-order valence-corrected chi connectivity index (χ4v) is 9.58. The number of piperidine rings is 2. The number of para-hydroxylation sites is 1. The van der Waals surface area contributed by atoms with Gasteiger partial charge in [0.05, 0.1) is 6.04 Å². The van der Waals surface area contributed by atoms with Crippen molar-refractivity contribution in [3.63, 3.8) is 0 Å². The van der Waals surface area contributed by atoms with Crippen LogP contribution in [-0.2, 0) is 17.8 Å². The van der Waals surface area contributed by atoms with E-state index in [-0.39, 0.29) is 18.7 Å². The Balaban J connectivity index is 0.000000189. The van der Waals surface area contributed by atoms with Gasteiger partial charge >= 0.3 is 0 Å². The molecule has 64 heavy (non-hydrogen) atoms. The molecule has 1 unspecified atom stereocenters. The Kier molecular flexibility index (Phi) is 24.3. The van der Waals surface area contributed by atoms with Gasteiger partial charge in [-0.15, -0.1) is 0 Å². The predicted octanol–water partition coefficient (Wildman–Crippen LogP) is 9.94. The monoisotopic (exact) mass is 890 g/mol. The van der Waals surface area contributed by atoms with Gasteiger partial charge in [0.15, 0.2) is 11.5 Å². The summed E-state index contributed by atoms with van der Waals surface area (Å²) >= 11 is 0. The highest BCUT2D eigenvalue weighted by atomic mass is 16.7. The zero-order chi connectivity index (χ0) is 46.4. The molecule has 2 aromatic rings. The number of carbonyl (C=O) groups is 1. The number of ether oxygens (including phenoxy) is 2. The number of benzene rings is 2. The molecule has 364 valence electrons. The Morgan fingerprint density at radius 1 is 0.500 bits per heavy atom. The largest absolute Gasteiger partial charge is 0.454 e. The number of hydrogen-bond acceptors (Lipinski definition) is 9. The SMILES string of the molecule is CC(C)N1CCCCC1.CC(C)N1CCCCC1.CC(C)N1CCCCCC1.CC(C)N1CCN(C(C)C(=O)NCc2ccc3c(c2)OCO3)CC1.CC(C)N1CCc2ccccc21.